The lowest BCUT2D eigenvalue weighted by molar-refractivity contribution is -0.681. The number of amides is 1. The fourth-order valence-electron chi connectivity index (χ4n) is 4.43. The number of nitrogen functional groups attached to an aromatic ring is 2. The highest BCUT2D eigenvalue weighted by Crippen LogP contribution is 2.24. The summed E-state index contributed by atoms with van der Waals surface area (Å²) >= 11 is 5.96. The highest BCUT2D eigenvalue weighted by atomic mass is 35.5. The normalized spacial score (nSPS) is 15.3. The molecule has 0 bridgehead atoms. The number of aliphatic hydroxyl groups is 2. The van der Waals surface area contributed by atoms with Crippen molar-refractivity contribution in [2.75, 3.05) is 51.1 Å². The molecule has 13 nitrogen and oxygen atoms in total. The van der Waals surface area contributed by atoms with Gasteiger partial charge in [-0.25, -0.2) is 19.1 Å². The molecule has 1 aliphatic rings. The van der Waals surface area contributed by atoms with E-state index in [4.69, 9.17) is 42.4 Å². The summed E-state index contributed by atoms with van der Waals surface area (Å²) in [6.45, 7) is 2.40. The second-order valence-electron chi connectivity index (χ2n) is 8.69. The van der Waals surface area contributed by atoms with Crippen LogP contribution in [0.1, 0.15) is 29.2 Å². The van der Waals surface area contributed by atoms with Crippen LogP contribution in [-0.4, -0.2) is 76.4 Å². The van der Waals surface area contributed by atoms with E-state index in [0.717, 1.165) is 29.7 Å². The van der Waals surface area contributed by atoms with Gasteiger partial charge in [-0.2, -0.15) is 0 Å². The fourth-order valence-corrected chi connectivity index (χ4v) is 4.56. The minimum atomic E-state index is -0.555. The van der Waals surface area contributed by atoms with E-state index in [1.54, 1.807) is 0 Å². The van der Waals surface area contributed by atoms with Gasteiger partial charge in [0.1, 0.15) is 32.0 Å². The van der Waals surface area contributed by atoms with Crippen LogP contribution in [0.3, 0.4) is 0 Å². The molecule has 0 radical (unpaired) electrons. The van der Waals surface area contributed by atoms with E-state index in [1.165, 1.54) is 0 Å². The van der Waals surface area contributed by atoms with Gasteiger partial charge in [-0.15, -0.1) is 0 Å². The van der Waals surface area contributed by atoms with Crippen LogP contribution in [0.2, 0.25) is 5.15 Å². The molecule has 1 amide bonds. The molecule has 1 unspecified atom stereocenters. The Bertz CT molecular complexity index is 1270. The number of hydrogen-bond acceptors (Lipinski definition) is 10. The first kappa shape index (κ1) is 27.8. The summed E-state index contributed by atoms with van der Waals surface area (Å²) < 4.78 is 21.3. The Labute approximate surface area is 224 Å². The van der Waals surface area contributed by atoms with Gasteiger partial charge in [0, 0.05) is 12.7 Å². The van der Waals surface area contributed by atoms with Gasteiger partial charge in [-0.1, -0.05) is 11.6 Å². The van der Waals surface area contributed by atoms with Gasteiger partial charge >= 0.3 is 0 Å². The lowest BCUT2D eigenvalue weighted by Crippen LogP contribution is -2.43. The second kappa shape index (κ2) is 13.0. The van der Waals surface area contributed by atoms with Crippen molar-refractivity contribution in [1.29, 1.82) is 0 Å². The molecule has 1 fully saturated rings. The number of fused-ring (bicyclic) bond motifs is 1. The zero-order valence-electron chi connectivity index (χ0n) is 20.9. The van der Waals surface area contributed by atoms with E-state index >= 15 is 0 Å². The number of halogens is 1. The number of rotatable bonds is 13. The number of aromatic nitrogens is 4. The van der Waals surface area contributed by atoms with Crippen LogP contribution < -0.4 is 26.1 Å². The molecule has 206 valence electrons. The molecular weight excluding hydrogens is 518 g/mol. The molecule has 1 aliphatic heterocycles. The molecule has 2 aromatic heterocycles. The first-order valence-corrected chi connectivity index (χ1v) is 12.8. The molecule has 1 aromatic carbocycles. The molecule has 0 spiro atoms. The lowest BCUT2D eigenvalue weighted by atomic mass is 10.2. The molecule has 0 aliphatic carbocycles. The van der Waals surface area contributed by atoms with Crippen LogP contribution >= 0.6 is 11.6 Å². The molecule has 1 atom stereocenters. The van der Waals surface area contributed by atoms with Crippen LogP contribution in [0.4, 0.5) is 11.6 Å². The number of nitrogens with two attached hydrogens (primary N) is 2. The molecule has 0 saturated carbocycles. The van der Waals surface area contributed by atoms with Crippen molar-refractivity contribution >= 4 is 40.2 Å². The van der Waals surface area contributed by atoms with E-state index in [-0.39, 0.29) is 61.6 Å². The first-order chi connectivity index (χ1) is 18.4. The van der Waals surface area contributed by atoms with Gasteiger partial charge < -0.3 is 41.2 Å². The van der Waals surface area contributed by atoms with Gasteiger partial charge in [-0.3, -0.25) is 4.79 Å². The second-order valence-corrected chi connectivity index (χ2v) is 9.05. The number of benzene rings is 1. The Kier molecular flexibility index (Phi) is 9.53. The number of imidazole rings is 1. The van der Waals surface area contributed by atoms with Crippen molar-refractivity contribution in [2.24, 2.45) is 0 Å². The Morgan fingerprint density at radius 1 is 1.21 bits per heavy atom. The molecule has 4 rings (SSSR count). The monoisotopic (exact) mass is 550 g/mol. The largest absolute Gasteiger partial charge is 0.491 e. The summed E-state index contributed by atoms with van der Waals surface area (Å²) in [5, 5.41) is 21.0. The van der Waals surface area contributed by atoms with Crippen LogP contribution in [0.5, 0.6) is 5.75 Å². The van der Waals surface area contributed by atoms with Crippen molar-refractivity contribution in [3.8, 4) is 5.75 Å². The van der Waals surface area contributed by atoms with Gasteiger partial charge in [0.15, 0.2) is 33.5 Å². The average Bonchev–Trinajstić information content (AvgIpc) is 3.52. The van der Waals surface area contributed by atoms with Crippen molar-refractivity contribution in [3.05, 3.63) is 34.9 Å². The molecule has 3 aromatic rings. The highest BCUT2D eigenvalue weighted by Gasteiger charge is 2.30. The van der Waals surface area contributed by atoms with Crippen molar-refractivity contribution < 1.29 is 33.8 Å². The van der Waals surface area contributed by atoms with Crippen LogP contribution in [0, 0.1) is 0 Å². The maximum absolute atomic E-state index is 13.0. The first-order valence-electron chi connectivity index (χ1n) is 12.4. The van der Waals surface area contributed by atoms with Crippen LogP contribution in [0.25, 0.3) is 11.0 Å². The number of aliphatic hydroxyl groups excluding tert-OH is 2. The number of hydrogen-bond donors (Lipinski definition) is 5. The smallest absolute Gasteiger partial charge is 0.277 e. The minimum absolute atomic E-state index is 0.0126. The molecule has 3 heterocycles. The van der Waals surface area contributed by atoms with E-state index < -0.39 is 5.91 Å². The summed E-state index contributed by atoms with van der Waals surface area (Å²) in [4.78, 5) is 20.9. The Morgan fingerprint density at radius 3 is 2.76 bits per heavy atom. The van der Waals surface area contributed by atoms with E-state index in [1.807, 2.05) is 22.8 Å². The third-order valence-electron chi connectivity index (χ3n) is 6.14. The third-order valence-corrected chi connectivity index (χ3v) is 6.42. The predicted molar refractivity (Wildman–Crippen MR) is 139 cm³/mol. The summed E-state index contributed by atoms with van der Waals surface area (Å²) in [6, 6.07) is 5.66. The number of ether oxygens (including phenoxy) is 3. The van der Waals surface area contributed by atoms with E-state index in [2.05, 4.69) is 19.9 Å². The van der Waals surface area contributed by atoms with Crippen molar-refractivity contribution in [3.63, 3.8) is 0 Å². The maximum Gasteiger partial charge on any atom is 0.277 e. The minimum Gasteiger partial charge on any atom is -0.491 e. The number of nitrogens with zero attached hydrogens (tertiary/aromatic N) is 4. The fraction of sp³-hybridized carbons (Fsp3) is 0.500. The predicted octanol–water partition coefficient (Wildman–Crippen LogP) is 0.0256. The van der Waals surface area contributed by atoms with Crippen LogP contribution in [0.15, 0.2) is 18.2 Å². The number of anilines is 2. The van der Waals surface area contributed by atoms with Gasteiger partial charge in [0.2, 0.25) is 0 Å². The Hall–Kier alpha value is -3.23. The Morgan fingerprint density at radius 2 is 2.03 bits per heavy atom. The van der Waals surface area contributed by atoms with Crippen molar-refractivity contribution in [1.82, 2.24) is 19.9 Å². The highest BCUT2D eigenvalue weighted by molar-refractivity contribution is 6.31. The molecule has 1 saturated heterocycles. The number of carbonyl (C=O) groups excluding carboxylic acids is 1. The number of nitrogens with one attached hydrogen (secondary N) is 1. The van der Waals surface area contributed by atoms with E-state index in [0.29, 0.717) is 32.1 Å². The van der Waals surface area contributed by atoms with E-state index in [9.17, 15) is 9.90 Å². The van der Waals surface area contributed by atoms with Crippen molar-refractivity contribution in [2.45, 2.75) is 38.6 Å². The molecular formula is C24H33ClN7O6+. The topological polar surface area (TPSA) is 184 Å². The zero-order chi connectivity index (χ0) is 27.1. The number of carbonyl (C=O) groups is 1. The molecule has 14 heteroatoms. The van der Waals surface area contributed by atoms with Gasteiger partial charge in [0.25, 0.3) is 11.7 Å². The summed E-state index contributed by atoms with van der Waals surface area (Å²) in [5.74, 6) is 0.652. The maximum atomic E-state index is 13.0. The summed E-state index contributed by atoms with van der Waals surface area (Å²) in [5.41, 5.74) is 13.2. The summed E-state index contributed by atoms with van der Waals surface area (Å²) in [7, 11) is 0. The molecule has 7 N–H and O–H groups in total. The van der Waals surface area contributed by atoms with Gasteiger partial charge in [-0.05, 0) is 25.0 Å². The standard InChI is InChI=1S/C24H32ClN7O6/c25-21-23(27)30-22(26)20(29-21)24(35)28-13-19-31(5-9-36-10-6-33)17-4-3-15(38-11-7-34)12-18(17)32(19)14-16-2-1-8-37-16/h3-4,12,16,33-34H,1-2,5-11,13-14H2,(H4-,26,27,28,30,35)/p+1. The average molecular weight is 551 g/mol. The van der Waals surface area contributed by atoms with Gasteiger partial charge in [0.05, 0.1) is 32.5 Å². The lowest BCUT2D eigenvalue weighted by Gasteiger charge is -2.11. The summed E-state index contributed by atoms with van der Waals surface area (Å²) in [6.07, 6.45) is 1.91. The Balaban J connectivity index is 1.71. The quantitative estimate of drug-likeness (QED) is 0.144. The zero-order valence-corrected chi connectivity index (χ0v) is 21.7. The molecule has 38 heavy (non-hydrogen) atoms. The SMILES string of the molecule is Nc1nc(N)c(C(=O)NCc2n(CC3CCCO3)c3cc(OCCO)ccc3[n+]2CCOCCO)nc1Cl. The van der Waals surface area contributed by atoms with Crippen LogP contribution in [-0.2, 0) is 29.1 Å². The third kappa shape index (κ3) is 6.42.